The highest BCUT2D eigenvalue weighted by Crippen LogP contribution is 2.24. The number of hydrogen-bond acceptors (Lipinski definition) is 3. The molecule has 0 fully saturated rings. The summed E-state index contributed by atoms with van der Waals surface area (Å²) in [6.07, 6.45) is 0. The quantitative estimate of drug-likeness (QED) is 0.855. The van der Waals surface area contributed by atoms with Gasteiger partial charge in [-0.05, 0) is 48.9 Å². The third kappa shape index (κ3) is 3.02. The molecule has 0 heterocycles. The van der Waals surface area contributed by atoms with E-state index in [1.807, 2.05) is 0 Å². The van der Waals surface area contributed by atoms with Crippen LogP contribution in [0.25, 0.3) is 0 Å². The topological polar surface area (TPSA) is 72.2 Å². The second-order valence-electron chi connectivity index (χ2n) is 4.25. The van der Waals surface area contributed by atoms with Crippen LogP contribution in [0.3, 0.4) is 0 Å². The summed E-state index contributed by atoms with van der Waals surface area (Å²) in [5, 5.41) is 0.511. The Morgan fingerprint density at radius 2 is 1.90 bits per heavy atom. The lowest BCUT2D eigenvalue weighted by atomic mass is 10.2. The minimum absolute atomic E-state index is 0.106. The van der Waals surface area contributed by atoms with Crippen LogP contribution in [0.1, 0.15) is 5.56 Å². The fourth-order valence-corrected chi connectivity index (χ4v) is 3.03. The average molecular weight is 315 g/mol. The molecule has 2 aromatic carbocycles. The fourth-order valence-electron chi connectivity index (χ4n) is 1.63. The summed E-state index contributed by atoms with van der Waals surface area (Å²) in [7, 11) is -3.83. The Morgan fingerprint density at radius 3 is 2.50 bits per heavy atom. The van der Waals surface area contributed by atoms with Gasteiger partial charge >= 0.3 is 0 Å². The molecule has 0 bridgehead atoms. The van der Waals surface area contributed by atoms with Crippen molar-refractivity contribution in [3.8, 4) is 0 Å². The van der Waals surface area contributed by atoms with Gasteiger partial charge in [0.1, 0.15) is 5.82 Å². The lowest BCUT2D eigenvalue weighted by Crippen LogP contribution is -2.14. The first-order valence-corrected chi connectivity index (χ1v) is 7.50. The second kappa shape index (κ2) is 5.30. The normalized spacial score (nSPS) is 11.3. The largest absolute Gasteiger partial charge is 0.396 e. The van der Waals surface area contributed by atoms with E-state index >= 15 is 0 Å². The van der Waals surface area contributed by atoms with E-state index in [9.17, 15) is 12.8 Å². The van der Waals surface area contributed by atoms with Crippen molar-refractivity contribution in [1.29, 1.82) is 0 Å². The molecular weight excluding hydrogens is 303 g/mol. The SMILES string of the molecule is Cc1cc(Cl)ccc1NS(=O)(=O)c1ccc(F)c(N)c1. The molecule has 0 amide bonds. The number of hydrogen-bond donors (Lipinski definition) is 2. The predicted molar refractivity (Wildman–Crippen MR) is 77.8 cm³/mol. The molecule has 0 aliphatic heterocycles. The minimum Gasteiger partial charge on any atom is -0.396 e. The lowest BCUT2D eigenvalue weighted by molar-refractivity contribution is 0.600. The van der Waals surface area contributed by atoms with Crippen molar-refractivity contribution < 1.29 is 12.8 Å². The van der Waals surface area contributed by atoms with Crippen molar-refractivity contribution in [1.82, 2.24) is 0 Å². The number of rotatable bonds is 3. The molecule has 3 N–H and O–H groups in total. The molecule has 0 aliphatic carbocycles. The molecule has 2 aromatic rings. The van der Waals surface area contributed by atoms with Gasteiger partial charge < -0.3 is 5.73 Å². The highest BCUT2D eigenvalue weighted by atomic mass is 35.5. The van der Waals surface area contributed by atoms with E-state index < -0.39 is 15.8 Å². The molecule has 0 radical (unpaired) electrons. The smallest absolute Gasteiger partial charge is 0.261 e. The molecule has 0 spiro atoms. The molecule has 4 nitrogen and oxygen atoms in total. The summed E-state index contributed by atoms with van der Waals surface area (Å²) in [6, 6.07) is 8.01. The van der Waals surface area contributed by atoms with Crippen LogP contribution in [-0.2, 0) is 10.0 Å². The highest BCUT2D eigenvalue weighted by Gasteiger charge is 2.16. The van der Waals surface area contributed by atoms with E-state index in [0.29, 0.717) is 16.3 Å². The molecule has 0 saturated heterocycles. The molecule has 0 saturated carbocycles. The van der Waals surface area contributed by atoms with E-state index in [0.717, 1.165) is 18.2 Å². The van der Waals surface area contributed by atoms with Crippen molar-refractivity contribution in [3.05, 3.63) is 52.8 Å². The molecule has 0 aromatic heterocycles. The van der Waals surface area contributed by atoms with Gasteiger partial charge in [-0.25, -0.2) is 12.8 Å². The molecule has 0 unspecified atom stereocenters. The molecule has 106 valence electrons. The summed E-state index contributed by atoms with van der Waals surface area (Å²) in [6.45, 7) is 1.72. The Labute approximate surface area is 121 Å². The number of nitrogens with one attached hydrogen (secondary N) is 1. The average Bonchev–Trinajstić information content (AvgIpc) is 2.36. The van der Waals surface area contributed by atoms with Crippen LogP contribution < -0.4 is 10.5 Å². The van der Waals surface area contributed by atoms with Gasteiger partial charge in [-0.3, -0.25) is 4.72 Å². The Kier molecular flexibility index (Phi) is 3.87. The van der Waals surface area contributed by atoms with Gasteiger partial charge in [-0.15, -0.1) is 0 Å². The number of sulfonamides is 1. The van der Waals surface area contributed by atoms with Gasteiger partial charge in [-0.2, -0.15) is 0 Å². The summed E-state index contributed by atoms with van der Waals surface area (Å²) in [4.78, 5) is -0.106. The summed E-state index contributed by atoms with van der Waals surface area (Å²) in [5.74, 6) is -0.661. The second-order valence-corrected chi connectivity index (χ2v) is 6.37. The standard InChI is InChI=1S/C13H12ClFN2O2S/c1-8-6-9(14)2-5-13(8)17-20(18,19)10-3-4-11(15)12(16)7-10/h2-7,17H,16H2,1H3. The van der Waals surface area contributed by atoms with Crippen LogP contribution in [0.15, 0.2) is 41.3 Å². The van der Waals surface area contributed by atoms with Crippen molar-refractivity contribution in [3.63, 3.8) is 0 Å². The van der Waals surface area contributed by atoms with Crippen molar-refractivity contribution in [2.24, 2.45) is 0 Å². The zero-order valence-electron chi connectivity index (χ0n) is 10.5. The van der Waals surface area contributed by atoms with Crippen LogP contribution in [-0.4, -0.2) is 8.42 Å². The minimum atomic E-state index is -3.83. The van der Waals surface area contributed by atoms with Crippen LogP contribution >= 0.6 is 11.6 Å². The number of halogens is 2. The zero-order chi connectivity index (χ0) is 14.9. The van der Waals surface area contributed by atoms with E-state index in [2.05, 4.69) is 4.72 Å². The number of nitrogens with two attached hydrogens (primary N) is 1. The maximum absolute atomic E-state index is 13.1. The number of anilines is 2. The maximum Gasteiger partial charge on any atom is 0.261 e. The van der Waals surface area contributed by atoms with E-state index in [4.69, 9.17) is 17.3 Å². The molecule has 7 heteroatoms. The van der Waals surface area contributed by atoms with Gasteiger partial charge in [-0.1, -0.05) is 11.6 Å². The molecule has 20 heavy (non-hydrogen) atoms. The first-order valence-electron chi connectivity index (χ1n) is 5.63. The Bertz CT molecular complexity index is 763. The first kappa shape index (κ1) is 14.6. The summed E-state index contributed by atoms with van der Waals surface area (Å²) in [5.41, 5.74) is 6.23. The summed E-state index contributed by atoms with van der Waals surface area (Å²) < 4.78 is 39.8. The van der Waals surface area contributed by atoms with Gasteiger partial charge in [0, 0.05) is 5.02 Å². The van der Waals surface area contributed by atoms with Crippen LogP contribution in [0.2, 0.25) is 5.02 Å². The molecule has 2 rings (SSSR count). The van der Waals surface area contributed by atoms with E-state index in [-0.39, 0.29) is 10.6 Å². The van der Waals surface area contributed by atoms with Crippen LogP contribution in [0, 0.1) is 12.7 Å². The molecule has 0 aliphatic rings. The number of nitrogen functional groups attached to an aromatic ring is 1. The van der Waals surface area contributed by atoms with Gasteiger partial charge in [0.25, 0.3) is 10.0 Å². The van der Waals surface area contributed by atoms with Crippen molar-refractivity contribution in [2.75, 3.05) is 10.5 Å². The zero-order valence-corrected chi connectivity index (χ0v) is 12.1. The highest BCUT2D eigenvalue weighted by molar-refractivity contribution is 7.92. The summed E-state index contributed by atoms with van der Waals surface area (Å²) >= 11 is 5.81. The van der Waals surface area contributed by atoms with Crippen LogP contribution in [0.5, 0.6) is 0 Å². The molecular formula is C13H12ClFN2O2S. The first-order chi connectivity index (χ1) is 9.29. The Balaban J connectivity index is 2.38. The fraction of sp³-hybridized carbons (Fsp3) is 0.0769. The lowest BCUT2D eigenvalue weighted by Gasteiger charge is -2.11. The third-order valence-corrected chi connectivity index (χ3v) is 4.31. The predicted octanol–water partition coefficient (Wildman–Crippen LogP) is 3.17. The van der Waals surface area contributed by atoms with Gasteiger partial charge in [0.2, 0.25) is 0 Å². The van der Waals surface area contributed by atoms with Crippen LogP contribution in [0.4, 0.5) is 15.8 Å². The third-order valence-electron chi connectivity index (χ3n) is 2.71. The van der Waals surface area contributed by atoms with Crippen molar-refractivity contribution in [2.45, 2.75) is 11.8 Å². The Hall–Kier alpha value is -1.79. The Morgan fingerprint density at radius 1 is 1.20 bits per heavy atom. The molecule has 0 atom stereocenters. The number of benzene rings is 2. The van der Waals surface area contributed by atoms with E-state index in [1.54, 1.807) is 25.1 Å². The monoisotopic (exact) mass is 314 g/mol. The van der Waals surface area contributed by atoms with Crippen molar-refractivity contribution >= 4 is 33.0 Å². The maximum atomic E-state index is 13.1. The number of aryl methyl sites for hydroxylation is 1. The van der Waals surface area contributed by atoms with E-state index in [1.165, 1.54) is 0 Å². The van der Waals surface area contributed by atoms with Gasteiger partial charge in [0.05, 0.1) is 16.3 Å². The van der Waals surface area contributed by atoms with Gasteiger partial charge in [0.15, 0.2) is 0 Å².